The van der Waals surface area contributed by atoms with Crippen LogP contribution in [0, 0.1) is 11.7 Å². The van der Waals surface area contributed by atoms with Crippen LogP contribution in [0.3, 0.4) is 0 Å². The first-order valence-corrected chi connectivity index (χ1v) is 14.5. The van der Waals surface area contributed by atoms with Crippen LogP contribution in [-0.4, -0.2) is 34.2 Å². The zero-order valence-corrected chi connectivity index (χ0v) is 23.6. The standard InChI is InChI=1S/C30H29F4N3O4S/c1-2-40-27(38)13-18-3-5-19(6-4-18)20-7-9-21(10-8-20)26-17-37-16-25(36-29(37)42-26)28(39)35-15-22-14-23(11-12-24(22)31)41-30(32,33)34/h7-12,14,16-19H,2-6,13,15H2,1H3,(H,35,39)/t18-,19-. The Morgan fingerprint density at radius 3 is 2.48 bits per heavy atom. The van der Waals surface area contributed by atoms with E-state index in [0.717, 1.165) is 54.3 Å². The van der Waals surface area contributed by atoms with E-state index in [2.05, 4.69) is 39.3 Å². The number of imidazole rings is 1. The van der Waals surface area contributed by atoms with Crippen molar-refractivity contribution in [1.29, 1.82) is 0 Å². The number of carbonyl (C=O) groups excluding carboxylic acids is 2. The molecule has 4 aromatic rings. The summed E-state index contributed by atoms with van der Waals surface area (Å²) < 4.78 is 62.1. The van der Waals surface area contributed by atoms with Crippen molar-refractivity contribution in [3.05, 3.63) is 77.5 Å². The van der Waals surface area contributed by atoms with Gasteiger partial charge in [-0.3, -0.25) is 14.0 Å². The first kappa shape index (κ1) is 29.6. The van der Waals surface area contributed by atoms with Gasteiger partial charge in [0, 0.05) is 30.9 Å². The molecule has 222 valence electrons. The van der Waals surface area contributed by atoms with Crippen molar-refractivity contribution in [3.63, 3.8) is 0 Å². The van der Waals surface area contributed by atoms with Crippen LogP contribution in [0.5, 0.6) is 5.75 Å². The first-order valence-electron chi connectivity index (χ1n) is 13.6. The van der Waals surface area contributed by atoms with Crippen molar-refractivity contribution in [1.82, 2.24) is 14.7 Å². The Kier molecular flexibility index (Phi) is 8.81. The maximum Gasteiger partial charge on any atom is 0.573 e. The molecular weight excluding hydrogens is 574 g/mol. The molecule has 0 unspecified atom stereocenters. The van der Waals surface area contributed by atoms with Crippen molar-refractivity contribution < 1.29 is 36.6 Å². The summed E-state index contributed by atoms with van der Waals surface area (Å²) in [6.07, 6.45) is 3.12. The van der Waals surface area contributed by atoms with E-state index >= 15 is 0 Å². The van der Waals surface area contributed by atoms with Gasteiger partial charge in [-0.25, -0.2) is 9.37 Å². The Hall–Kier alpha value is -3.93. The number of carbonyl (C=O) groups is 2. The molecular formula is C30H29F4N3O4S. The predicted molar refractivity (Wildman–Crippen MR) is 149 cm³/mol. The lowest BCUT2D eigenvalue weighted by atomic mass is 9.77. The number of aromatic nitrogens is 2. The van der Waals surface area contributed by atoms with Gasteiger partial charge in [-0.05, 0) is 73.8 Å². The fourth-order valence-electron chi connectivity index (χ4n) is 5.26. The van der Waals surface area contributed by atoms with Gasteiger partial charge in [0.25, 0.3) is 5.91 Å². The van der Waals surface area contributed by atoms with E-state index in [1.807, 2.05) is 13.1 Å². The second-order valence-electron chi connectivity index (χ2n) is 10.2. The van der Waals surface area contributed by atoms with E-state index < -0.39 is 23.8 Å². The van der Waals surface area contributed by atoms with Gasteiger partial charge in [0.05, 0.1) is 11.5 Å². The Morgan fingerprint density at radius 2 is 1.81 bits per heavy atom. The van der Waals surface area contributed by atoms with Crippen molar-refractivity contribution in [2.75, 3.05) is 6.61 Å². The van der Waals surface area contributed by atoms with E-state index in [1.54, 1.807) is 10.6 Å². The minimum absolute atomic E-state index is 0.102. The van der Waals surface area contributed by atoms with Crippen LogP contribution in [0.4, 0.5) is 17.6 Å². The highest BCUT2D eigenvalue weighted by molar-refractivity contribution is 7.20. The number of amides is 1. The van der Waals surface area contributed by atoms with Crippen molar-refractivity contribution in [2.45, 2.75) is 57.9 Å². The Balaban J connectivity index is 1.17. The molecule has 1 aliphatic rings. The molecule has 1 fully saturated rings. The van der Waals surface area contributed by atoms with Gasteiger partial charge in [-0.15, -0.1) is 13.2 Å². The molecule has 2 aromatic carbocycles. The highest BCUT2D eigenvalue weighted by atomic mass is 32.1. The van der Waals surface area contributed by atoms with Crippen molar-refractivity contribution in [2.24, 2.45) is 5.92 Å². The molecule has 7 nitrogen and oxygen atoms in total. The molecule has 1 N–H and O–H groups in total. The van der Waals surface area contributed by atoms with Crippen LogP contribution in [0.15, 0.2) is 54.9 Å². The molecule has 42 heavy (non-hydrogen) atoms. The second kappa shape index (κ2) is 12.5. The minimum atomic E-state index is -4.91. The van der Waals surface area contributed by atoms with E-state index in [4.69, 9.17) is 4.74 Å². The molecule has 1 aliphatic carbocycles. The number of halogens is 4. The van der Waals surface area contributed by atoms with Crippen LogP contribution in [0.1, 0.15) is 66.6 Å². The zero-order chi connectivity index (χ0) is 29.9. The molecule has 0 radical (unpaired) electrons. The maximum absolute atomic E-state index is 14.1. The third-order valence-electron chi connectivity index (χ3n) is 7.35. The normalized spacial score (nSPS) is 17.3. The molecule has 0 saturated heterocycles. The van der Waals surface area contributed by atoms with Crippen LogP contribution in [-0.2, 0) is 16.1 Å². The van der Waals surface area contributed by atoms with Gasteiger partial charge in [0.2, 0.25) is 0 Å². The predicted octanol–water partition coefficient (Wildman–Crippen LogP) is 7.26. The Bertz CT molecular complexity index is 1530. The number of esters is 1. The highest BCUT2D eigenvalue weighted by Gasteiger charge is 2.31. The Labute approximate surface area is 243 Å². The number of alkyl halides is 3. The summed E-state index contributed by atoms with van der Waals surface area (Å²) in [5.74, 6) is -1.19. The molecule has 2 heterocycles. The molecule has 0 atom stereocenters. The molecule has 0 aliphatic heterocycles. The van der Waals surface area contributed by atoms with Crippen molar-refractivity contribution >= 4 is 28.2 Å². The fraction of sp³-hybridized carbons (Fsp3) is 0.367. The summed E-state index contributed by atoms with van der Waals surface area (Å²) >= 11 is 1.41. The number of hydrogen-bond acceptors (Lipinski definition) is 6. The SMILES string of the molecule is CCOC(=O)C[C@H]1CC[C@H](c2ccc(-c3cn4cc(C(=O)NCc5cc(OC(F)(F)F)ccc5F)nc4s3)cc2)CC1. The van der Waals surface area contributed by atoms with Gasteiger partial charge in [-0.2, -0.15) is 0 Å². The molecule has 2 aromatic heterocycles. The summed E-state index contributed by atoms with van der Waals surface area (Å²) in [4.78, 5) is 30.3. The number of thiazole rings is 1. The van der Waals surface area contributed by atoms with Gasteiger partial charge in [-0.1, -0.05) is 35.6 Å². The lowest BCUT2D eigenvalue weighted by Crippen LogP contribution is -2.24. The summed E-state index contributed by atoms with van der Waals surface area (Å²) in [6.45, 7) is 1.90. The fourth-order valence-corrected chi connectivity index (χ4v) is 6.24. The summed E-state index contributed by atoms with van der Waals surface area (Å²) in [5.41, 5.74) is 2.25. The third-order valence-corrected chi connectivity index (χ3v) is 8.40. The van der Waals surface area contributed by atoms with Crippen molar-refractivity contribution in [3.8, 4) is 16.2 Å². The van der Waals surface area contributed by atoms with Crippen LogP contribution >= 0.6 is 11.3 Å². The number of rotatable bonds is 9. The van der Waals surface area contributed by atoms with Gasteiger partial charge >= 0.3 is 12.3 Å². The Morgan fingerprint density at radius 1 is 1.07 bits per heavy atom. The molecule has 1 amide bonds. The van der Waals surface area contributed by atoms with Crippen LogP contribution in [0.25, 0.3) is 15.4 Å². The van der Waals surface area contributed by atoms with Crippen LogP contribution in [0.2, 0.25) is 0 Å². The smallest absolute Gasteiger partial charge is 0.466 e. The number of fused-ring (bicyclic) bond motifs is 1. The number of ether oxygens (including phenoxy) is 2. The number of hydrogen-bond donors (Lipinski definition) is 1. The van der Waals surface area contributed by atoms with E-state index in [-0.39, 0.29) is 23.8 Å². The molecule has 0 spiro atoms. The molecule has 5 rings (SSSR count). The van der Waals surface area contributed by atoms with E-state index in [0.29, 0.717) is 29.8 Å². The lowest BCUT2D eigenvalue weighted by molar-refractivity contribution is -0.274. The summed E-state index contributed by atoms with van der Waals surface area (Å²) in [5, 5.41) is 2.49. The number of nitrogens with zero attached hydrogens (tertiary/aromatic N) is 2. The minimum Gasteiger partial charge on any atom is -0.466 e. The monoisotopic (exact) mass is 603 g/mol. The van der Waals surface area contributed by atoms with Gasteiger partial charge < -0.3 is 14.8 Å². The summed E-state index contributed by atoms with van der Waals surface area (Å²) in [7, 11) is 0. The highest BCUT2D eigenvalue weighted by Crippen LogP contribution is 2.38. The van der Waals surface area contributed by atoms with Gasteiger partial charge in [0.15, 0.2) is 4.96 Å². The third kappa shape index (κ3) is 7.28. The lowest BCUT2D eigenvalue weighted by Gasteiger charge is -2.28. The van der Waals surface area contributed by atoms with E-state index in [1.165, 1.54) is 16.9 Å². The quantitative estimate of drug-likeness (QED) is 0.161. The summed E-state index contributed by atoms with van der Waals surface area (Å²) in [6, 6.07) is 11.0. The zero-order valence-electron chi connectivity index (χ0n) is 22.7. The second-order valence-corrected chi connectivity index (χ2v) is 11.3. The van der Waals surface area contributed by atoms with Crippen LogP contribution < -0.4 is 10.1 Å². The topological polar surface area (TPSA) is 81.9 Å². The molecule has 0 bridgehead atoms. The average molecular weight is 604 g/mol. The average Bonchev–Trinajstić information content (AvgIpc) is 3.53. The largest absolute Gasteiger partial charge is 0.573 e. The first-order chi connectivity index (χ1) is 20.1. The number of nitrogens with one attached hydrogen (secondary N) is 1. The number of benzene rings is 2. The molecule has 12 heteroatoms. The maximum atomic E-state index is 14.1. The van der Waals surface area contributed by atoms with Gasteiger partial charge in [0.1, 0.15) is 17.3 Å². The van der Waals surface area contributed by atoms with E-state index in [9.17, 15) is 27.2 Å². The molecule has 1 saturated carbocycles.